The number of fused-ring (bicyclic) bond motifs is 4. The number of rotatable bonds is 2. The molecular formula is C15H16BrN3OS. The molecule has 0 radical (unpaired) electrons. The summed E-state index contributed by atoms with van der Waals surface area (Å²) in [5, 5.41) is 6.28. The Balaban J connectivity index is 1.54. The molecule has 5 rings (SSSR count). The number of aromatic nitrogens is 1. The van der Waals surface area contributed by atoms with E-state index in [9.17, 15) is 4.79 Å². The van der Waals surface area contributed by atoms with E-state index in [0.29, 0.717) is 11.6 Å². The molecule has 1 amide bonds. The molecule has 3 fully saturated rings. The molecule has 0 aromatic carbocycles. The van der Waals surface area contributed by atoms with Gasteiger partial charge in [0.05, 0.1) is 4.70 Å². The summed E-state index contributed by atoms with van der Waals surface area (Å²) in [6.45, 7) is 3.35. The molecule has 2 aromatic rings. The van der Waals surface area contributed by atoms with Gasteiger partial charge in [-0.1, -0.05) is 0 Å². The Kier molecular flexibility index (Phi) is 3.47. The quantitative estimate of drug-likeness (QED) is 0.889. The van der Waals surface area contributed by atoms with Crippen LogP contribution in [0.15, 0.2) is 22.1 Å². The summed E-state index contributed by atoms with van der Waals surface area (Å²) in [5.74, 6) is 0.587. The number of piperidine rings is 3. The lowest BCUT2D eigenvalue weighted by atomic mass is 9.84. The summed E-state index contributed by atoms with van der Waals surface area (Å²) in [4.78, 5) is 19.2. The topological polar surface area (TPSA) is 45.2 Å². The lowest BCUT2D eigenvalue weighted by Crippen LogP contribution is -2.57. The molecule has 1 N–H and O–H groups in total. The van der Waals surface area contributed by atoms with Gasteiger partial charge in [-0.15, -0.1) is 11.3 Å². The van der Waals surface area contributed by atoms with Gasteiger partial charge in [0, 0.05) is 34.0 Å². The van der Waals surface area contributed by atoms with Gasteiger partial charge in [0.2, 0.25) is 0 Å². The molecule has 0 spiro atoms. The first-order chi connectivity index (χ1) is 10.2. The fourth-order valence-electron chi connectivity index (χ4n) is 3.40. The molecule has 5 heterocycles. The van der Waals surface area contributed by atoms with Gasteiger partial charge in [-0.2, -0.15) is 0 Å². The minimum atomic E-state index is -0.0475. The highest BCUT2D eigenvalue weighted by Crippen LogP contribution is 2.30. The zero-order chi connectivity index (χ0) is 14.4. The van der Waals surface area contributed by atoms with Crippen molar-refractivity contribution in [1.82, 2.24) is 15.2 Å². The van der Waals surface area contributed by atoms with Crippen molar-refractivity contribution in [2.24, 2.45) is 5.92 Å². The maximum absolute atomic E-state index is 12.5. The maximum atomic E-state index is 12.5. The van der Waals surface area contributed by atoms with Crippen LogP contribution >= 0.6 is 27.3 Å². The van der Waals surface area contributed by atoms with E-state index in [1.807, 2.05) is 11.4 Å². The van der Waals surface area contributed by atoms with Crippen molar-refractivity contribution in [3.8, 4) is 0 Å². The Morgan fingerprint density at radius 3 is 2.95 bits per heavy atom. The van der Waals surface area contributed by atoms with Gasteiger partial charge >= 0.3 is 0 Å². The second kappa shape index (κ2) is 5.34. The van der Waals surface area contributed by atoms with Crippen molar-refractivity contribution in [3.05, 3.63) is 27.8 Å². The largest absolute Gasteiger partial charge is 0.346 e. The van der Waals surface area contributed by atoms with Crippen LogP contribution in [0.3, 0.4) is 0 Å². The molecule has 3 aliphatic heterocycles. The van der Waals surface area contributed by atoms with E-state index in [2.05, 4.69) is 31.1 Å². The summed E-state index contributed by atoms with van der Waals surface area (Å²) in [6.07, 6.45) is 4.19. The van der Waals surface area contributed by atoms with Crippen LogP contribution < -0.4 is 5.32 Å². The molecule has 3 saturated heterocycles. The number of pyridine rings is 1. The number of hydrogen-bond donors (Lipinski definition) is 1. The minimum absolute atomic E-state index is 0.0475. The number of carbonyl (C=O) groups is 1. The van der Waals surface area contributed by atoms with E-state index < -0.39 is 0 Å². The molecule has 21 heavy (non-hydrogen) atoms. The van der Waals surface area contributed by atoms with Crippen LogP contribution in [0.25, 0.3) is 10.1 Å². The van der Waals surface area contributed by atoms with Gasteiger partial charge < -0.3 is 10.2 Å². The Hall–Kier alpha value is -0.980. The minimum Gasteiger partial charge on any atom is -0.346 e. The number of thiophene rings is 1. The molecule has 2 aromatic heterocycles. The Bertz CT molecular complexity index is 693. The van der Waals surface area contributed by atoms with Gasteiger partial charge in [-0.25, -0.2) is 4.98 Å². The molecule has 4 nitrogen and oxygen atoms in total. The Morgan fingerprint density at radius 2 is 2.24 bits per heavy atom. The van der Waals surface area contributed by atoms with Crippen LogP contribution in [0, 0.1) is 5.92 Å². The number of carbonyl (C=O) groups excluding carboxylic acids is 1. The third kappa shape index (κ3) is 2.49. The lowest BCUT2D eigenvalue weighted by molar-refractivity contribution is 0.0618. The zero-order valence-electron chi connectivity index (χ0n) is 11.5. The third-order valence-electron chi connectivity index (χ3n) is 4.62. The molecule has 0 unspecified atom stereocenters. The van der Waals surface area contributed by atoms with E-state index in [1.165, 1.54) is 25.9 Å². The number of amides is 1. The van der Waals surface area contributed by atoms with Crippen molar-refractivity contribution in [1.29, 1.82) is 0 Å². The average Bonchev–Trinajstić information content (AvgIpc) is 2.89. The monoisotopic (exact) mass is 365 g/mol. The summed E-state index contributed by atoms with van der Waals surface area (Å²) < 4.78 is 2.13. The number of hydrogen-bond acceptors (Lipinski definition) is 4. The van der Waals surface area contributed by atoms with Crippen LogP contribution in [0.2, 0.25) is 0 Å². The van der Waals surface area contributed by atoms with Crippen LogP contribution in [-0.2, 0) is 0 Å². The van der Waals surface area contributed by atoms with Crippen molar-refractivity contribution in [3.63, 3.8) is 0 Å². The summed E-state index contributed by atoms with van der Waals surface area (Å²) in [7, 11) is 0. The smallest absolute Gasteiger partial charge is 0.270 e. The third-order valence-corrected chi connectivity index (χ3v) is 6.51. The number of nitrogens with zero attached hydrogens (tertiary/aromatic N) is 2. The van der Waals surface area contributed by atoms with Gasteiger partial charge in [0.1, 0.15) is 5.69 Å². The van der Waals surface area contributed by atoms with Gasteiger partial charge in [0.25, 0.3) is 5.91 Å². The highest BCUT2D eigenvalue weighted by atomic mass is 79.9. The van der Waals surface area contributed by atoms with Crippen molar-refractivity contribution < 1.29 is 4.79 Å². The molecular weight excluding hydrogens is 350 g/mol. The summed E-state index contributed by atoms with van der Waals surface area (Å²) in [5.41, 5.74) is 0.512. The Morgan fingerprint density at radius 1 is 1.43 bits per heavy atom. The molecule has 1 atom stereocenters. The van der Waals surface area contributed by atoms with Crippen LogP contribution in [0.5, 0.6) is 0 Å². The number of halogens is 1. The average molecular weight is 366 g/mol. The second-order valence-electron chi connectivity index (χ2n) is 5.87. The fourth-order valence-corrected chi connectivity index (χ4v) is 4.90. The predicted octanol–water partition coefficient (Wildman–Crippen LogP) is 2.88. The zero-order valence-corrected chi connectivity index (χ0v) is 13.9. The van der Waals surface area contributed by atoms with Crippen molar-refractivity contribution in [2.45, 2.75) is 18.9 Å². The van der Waals surface area contributed by atoms with Crippen molar-refractivity contribution >= 4 is 43.3 Å². The predicted molar refractivity (Wildman–Crippen MR) is 87.7 cm³/mol. The van der Waals surface area contributed by atoms with Gasteiger partial charge in [-0.05, 0) is 53.8 Å². The molecule has 2 bridgehead atoms. The first-order valence-electron chi connectivity index (χ1n) is 7.26. The summed E-state index contributed by atoms with van der Waals surface area (Å²) in [6, 6.07) is 2.16. The fraction of sp³-hybridized carbons (Fsp3) is 0.467. The van der Waals surface area contributed by atoms with E-state index >= 15 is 0 Å². The molecule has 110 valence electrons. The van der Waals surface area contributed by atoms with E-state index in [4.69, 9.17) is 0 Å². The molecule has 0 aliphatic carbocycles. The first-order valence-corrected chi connectivity index (χ1v) is 8.94. The highest BCUT2D eigenvalue weighted by Gasteiger charge is 2.35. The molecule has 6 heteroatoms. The maximum Gasteiger partial charge on any atom is 0.270 e. The van der Waals surface area contributed by atoms with Crippen LogP contribution in [0.1, 0.15) is 23.3 Å². The number of nitrogens with one attached hydrogen (secondary N) is 1. The summed E-state index contributed by atoms with van der Waals surface area (Å²) >= 11 is 5.15. The first kappa shape index (κ1) is 13.7. The van der Waals surface area contributed by atoms with Crippen LogP contribution in [0.4, 0.5) is 0 Å². The van der Waals surface area contributed by atoms with Crippen molar-refractivity contribution in [2.75, 3.05) is 19.6 Å². The van der Waals surface area contributed by atoms with E-state index in [0.717, 1.165) is 21.1 Å². The van der Waals surface area contributed by atoms with E-state index in [1.54, 1.807) is 17.5 Å². The highest BCUT2D eigenvalue weighted by molar-refractivity contribution is 9.10. The van der Waals surface area contributed by atoms with Gasteiger partial charge in [-0.3, -0.25) is 4.79 Å². The second-order valence-corrected chi connectivity index (χ2v) is 7.63. The van der Waals surface area contributed by atoms with Gasteiger partial charge in [0.15, 0.2) is 0 Å². The van der Waals surface area contributed by atoms with Crippen LogP contribution in [-0.4, -0.2) is 41.5 Å². The SMILES string of the molecule is O=C(N[C@@H]1CN2CCC1CC2)c1cc2c(Br)csc2cn1. The molecule has 3 aliphatic rings. The normalized spacial score (nSPS) is 28.0. The van der Waals surface area contributed by atoms with E-state index in [-0.39, 0.29) is 11.9 Å². The Labute approximate surface area is 135 Å². The standard InChI is InChI=1S/C15H16BrN3OS/c16-11-8-21-14-6-17-12(5-10(11)14)15(20)18-13-7-19-3-1-9(13)2-4-19/h5-6,8-9,13H,1-4,7H2,(H,18,20)/t13-/m1/s1. The lowest BCUT2D eigenvalue weighted by Gasteiger charge is -2.44. The molecule has 0 saturated carbocycles.